The smallest absolute Gasteiger partial charge is 0.352 e. The van der Waals surface area contributed by atoms with E-state index in [1.807, 2.05) is 52.0 Å². The summed E-state index contributed by atoms with van der Waals surface area (Å²) >= 11 is 3.73. The minimum atomic E-state index is -1.21. The van der Waals surface area contributed by atoms with Crippen LogP contribution in [-0.2, 0) is 26.3 Å². The summed E-state index contributed by atoms with van der Waals surface area (Å²) in [7, 11) is 1.96. The van der Waals surface area contributed by atoms with E-state index in [1.165, 1.54) is 28.4 Å². The molecule has 1 saturated heterocycles. The summed E-state index contributed by atoms with van der Waals surface area (Å²) < 4.78 is 8.12. The van der Waals surface area contributed by atoms with Crippen molar-refractivity contribution >= 4 is 69.3 Å². The fourth-order valence-corrected chi connectivity index (χ4v) is 7.62. The Morgan fingerprint density at radius 2 is 2.14 bits per heavy atom. The number of carboxylic acids is 1. The molecule has 3 aromatic rings. The highest BCUT2D eigenvalue weighted by Gasteiger charge is 2.54. The Morgan fingerprint density at radius 3 is 2.88 bits per heavy atom. The number of imidazole rings is 1. The molecule has 2 atom stereocenters. The summed E-state index contributed by atoms with van der Waals surface area (Å²) in [4.78, 5) is 49.6. The first-order chi connectivity index (χ1) is 20.3. The van der Waals surface area contributed by atoms with E-state index in [4.69, 9.17) is 10.6 Å². The van der Waals surface area contributed by atoms with Crippen LogP contribution in [0.15, 0.2) is 63.5 Å². The van der Waals surface area contributed by atoms with Crippen molar-refractivity contribution in [1.29, 1.82) is 0 Å². The number of aryl methyl sites for hydroxylation is 1. The van der Waals surface area contributed by atoms with Gasteiger partial charge in [0.25, 0.3) is 17.5 Å². The predicted octanol–water partition coefficient (Wildman–Crippen LogP) is 1.91. The zero-order valence-electron chi connectivity index (χ0n) is 22.4. The van der Waals surface area contributed by atoms with Gasteiger partial charge in [0.2, 0.25) is 11.5 Å². The molecule has 2 fully saturated rings. The van der Waals surface area contributed by atoms with Gasteiger partial charge in [0.05, 0.1) is 7.05 Å². The molecular formula is C26H27N8O5S3+. The maximum Gasteiger partial charge on any atom is 0.352 e. The lowest BCUT2D eigenvalue weighted by Crippen LogP contribution is -2.71. The highest BCUT2D eigenvalue weighted by Crippen LogP contribution is 2.41. The molecule has 16 heteroatoms. The van der Waals surface area contributed by atoms with Gasteiger partial charge >= 0.3 is 5.97 Å². The van der Waals surface area contributed by atoms with Crippen LogP contribution in [0.25, 0.3) is 5.65 Å². The van der Waals surface area contributed by atoms with E-state index in [0.29, 0.717) is 11.3 Å². The van der Waals surface area contributed by atoms with Gasteiger partial charge in [0.1, 0.15) is 35.6 Å². The lowest BCUT2D eigenvalue weighted by molar-refractivity contribution is -0.644. The number of hydrogen-bond acceptors (Lipinski definition) is 11. The number of pyridine rings is 1. The number of aromatic nitrogens is 4. The number of aliphatic carboxylic acids is 1. The number of fused-ring (bicyclic) bond motifs is 2. The molecule has 1 aliphatic carbocycles. The monoisotopic (exact) mass is 627 g/mol. The number of carbonyl (C=O) groups excluding carboxylic acids is 2. The van der Waals surface area contributed by atoms with Gasteiger partial charge in [0.15, 0.2) is 10.2 Å². The van der Waals surface area contributed by atoms with Gasteiger partial charge in [-0.3, -0.25) is 14.5 Å². The maximum absolute atomic E-state index is 13.3. The Kier molecular flexibility index (Phi) is 7.92. The number of nitrogens with one attached hydrogen (secondary N) is 1. The largest absolute Gasteiger partial charge is 0.477 e. The van der Waals surface area contributed by atoms with Crippen molar-refractivity contribution in [1.82, 2.24) is 24.0 Å². The number of thioether (sulfide) groups is 2. The summed E-state index contributed by atoms with van der Waals surface area (Å²) in [5.74, 6) is -2.08. The van der Waals surface area contributed by atoms with Gasteiger partial charge in [0, 0.05) is 23.4 Å². The molecule has 0 spiro atoms. The van der Waals surface area contributed by atoms with Gasteiger partial charge < -0.3 is 21.0 Å². The lowest BCUT2D eigenvalue weighted by Gasteiger charge is -2.49. The molecule has 0 bridgehead atoms. The molecule has 4 N–H and O–H groups in total. The first-order valence-electron chi connectivity index (χ1n) is 13.2. The van der Waals surface area contributed by atoms with E-state index in [9.17, 15) is 19.5 Å². The second-order valence-corrected chi connectivity index (χ2v) is 12.7. The lowest BCUT2D eigenvalue weighted by atomic mass is 10.0. The number of amides is 2. The van der Waals surface area contributed by atoms with Crippen LogP contribution in [0.5, 0.6) is 0 Å². The van der Waals surface area contributed by atoms with Crippen molar-refractivity contribution in [3.63, 3.8) is 0 Å². The molecular weight excluding hydrogens is 601 g/mol. The van der Waals surface area contributed by atoms with Crippen molar-refractivity contribution in [2.45, 2.75) is 48.2 Å². The quantitative estimate of drug-likeness (QED) is 0.105. The highest BCUT2D eigenvalue weighted by molar-refractivity contribution is 8.02. The Balaban J connectivity index is 1.17. The van der Waals surface area contributed by atoms with Gasteiger partial charge in [-0.05, 0) is 54.9 Å². The third-order valence-electron chi connectivity index (χ3n) is 7.18. The third kappa shape index (κ3) is 5.36. The second kappa shape index (κ2) is 11.8. The van der Waals surface area contributed by atoms with Crippen LogP contribution in [0.4, 0.5) is 5.13 Å². The summed E-state index contributed by atoms with van der Waals surface area (Å²) in [5.41, 5.74) is 6.97. The van der Waals surface area contributed by atoms with Gasteiger partial charge in [-0.25, -0.2) is 9.36 Å². The second-order valence-electron chi connectivity index (χ2n) is 9.87. The van der Waals surface area contributed by atoms with Crippen molar-refractivity contribution < 1.29 is 28.9 Å². The fraction of sp³-hybridized carbons (Fsp3) is 0.346. The van der Waals surface area contributed by atoms with Gasteiger partial charge in [-0.2, -0.15) is 13.8 Å². The maximum atomic E-state index is 13.3. The average molecular weight is 628 g/mol. The topological polar surface area (TPSA) is 168 Å². The van der Waals surface area contributed by atoms with Crippen molar-refractivity contribution in [2.75, 3.05) is 11.5 Å². The first-order valence-corrected chi connectivity index (χ1v) is 15.9. The van der Waals surface area contributed by atoms with Crippen LogP contribution in [0, 0.1) is 0 Å². The summed E-state index contributed by atoms with van der Waals surface area (Å²) in [5, 5.41) is 19.1. The number of nitrogens with two attached hydrogens (primary N) is 1. The Labute approximate surface area is 252 Å². The van der Waals surface area contributed by atoms with Crippen molar-refractivity contribution in [3.8, 4) is 0 Å². The zero-order valence-corrected chi connectivity index (χ0v) is 24.8. The number of carbonyl (C=O) groups is 3. The van der Waals surface area contributed by atoms with Crippen LogP contribution < -0.4 is 15.6 Å². The minimum Gasteiger partial charge on any atom is -0.477 e. The number of anilines is 1. The van der Waals surface area contributed by atoms with Crippen molar-refractivity contribution in [3.05, 3.63) is 59.2 Å². The molecule has 1 saturated carbocycles. The van der Waals surface area contributed by atoms with E-state index < -0.39 is 29.2 Å². The fourth-order valence-electron chi connectivity index (χ4n) is 5.07. The minimum absolute atomic E-state index is 0.00771. The van der Waals surface area contributed by atoms with Crippen LogP contribution in [0.2, 0.25) is 0 Å². The molecule has 6 rings (SSSR count). The predicted molar refractivity (Wildman–Crippen MR) is 157 cm³/mol. The number of oxime groups is 1. The van der Waals surface area contributed by atoms with Crippen LogP contribution in [-0.4, -0.2) is 70.5 Å². The van der Waals surface area contributed by atoms with Gasteiger partial charge in [-0.1, -0.05) is 16.9 Å². The summed E-state index contributed by atoms with van der Waals surface area (Å²) in [6.45, 7) is 0. The number of nitrogens with zero attached hydrogens (tertiary/aromatic N) is 6. The van der Waals surface area contributed by atoms with E-state index in [0.717, 1.165) is 47.9 Å². The summed E-state index contributed by atoms with van der Waals surface area (Å²) in [6.07, 6.45) is 9.24. The molecule has 42 heavy (non-hydrogen) atoms. The van der Waals surface area contributed by atoms with E-state index in [1.54, 1.807) is 6.08 Å². The molecule has 0 unspecified atom stereocenters. The van der Waals surface area contributed by atoms with Crippen molar-refractivity contribution in [2.24, 2.45) is 12.2 Å². The van der Waals surface area contributed by atoms with Crippen LogP contribution >= 0.6 is 35.1 Å². The van der Waals surface area contributed by atoms with E-state index >= 15 is 0 Å². The Morgan fingerprint density at radius 1 is 1.33 bits per heavy atom. The first kappa shape index (κ1) is 28.2. The van der Waals surface area contributed by atoms with E-state index in [2.05, 4.69) is 19.8 Å². The van der Waals surface area contributed by atoms with Gasteiger partial charge in [-0.15, -0.1) is 11.8 Å². The molecule has 0 radical (unpaired) electrons. The molecule has 218 valence electrons. The number of β-lactam (4-membered cyclic amide) rings is 1. The number of hydrogen-bond donors (Lipinski definition) is 3. The number of nitrogen functional groups attached to an aromatic ring is 1. The molecule has 13 nitrogen and oxygen atoms in total. The zero-order chi connectivity index (χ0) is 29.4. The summed E-state index contributed by atoms with van der Waals surface area (Å²) in [6, 6.07) is 4.98. The number of allylic oxidation sites excluding steroid dienone is 1. The van der Waals surface area contributed by atoms with Crippen LogP contribution in [0.3, 0.4) is 0 Å². The Hall–Kier alpha value is -3.89. The highest BCUT2D eigenvalue weighted by atomic mass is 32.2. The standard InChI is InChI=1S/C26H26N8O5S3/c1-32-10-11-33-16(32)7-4-8-17(33)40-12-9-14-13-41-24-19(23(36)34(24)20(14)25(37)38)28-22(35)18(21-29-26(27)42-31-21)30-39-15-5-2-3-6-15/h4,7-12,15,19,24H,2-3,5-6,13H2,1H3,(H3-,27,28,29,31,35,37,38)/p+1/b12-9+,30-18-/t19-,24+/m1/s1. The molecule has 2 aliphatic heterocycles. The Bertz CT molecular complexity index is 1660. The molecule has 2 amide bonds. The molecule has 5 heterocycles. The SMILES string of the molecule is C[n+]1ccn2c(S/C=C/C3=C(C(=O)O)N4C(=O)[C@@H](NC(=O)/C(=N\OC5CCCC5)c5nsc(N)n5)[C@@H]4SC3)cccc21. The third-order valence-corrected chi connectivity index (χ3v) is 9.87. The molecule has 3 aromatic heterocycles. The number of carboxylic acid groups (broad SMARTS) is 1. The van der Waals surface area contributed by atoms with E-state index in [-0.39, 0.29) is 28.5 Å². The molecule has 3 aliphatic rings. The number of rotatable bonds is 9. The molecule has 0 aromatic carbocycles. The van der Waals surface area contributed by atoms with Crippen LogP contribution in [0.1, 0.15) is 31.5 Å². The normalized spacial score (nSPS) is 21.2. The average Bonchev–Trinajstić information content (AvgIpc) is 3.74.